The zero-order chi connectivity index (χ0) is 31.0. The van der Waals surface area contributed by atoms with E-state index in [1.807, 2.05) is 48.5 Å². The zero-order valence-electron chi connectivity index (χ0n) is 27.1. The molecule has 5 rings (SSSR count). The molecule has 0 atom stereocenters. The van der Waals surface area contributed by atoms with Crippen LogP contribution in [-0.2, 0) is 31.9 Å². The summed E-state index contributed by atoms with van der Waals surface area (Å²) in [5.74, 6) is 2.16. The molecule has 1 aliphatic heterocycles. The fourth-order valence-electron chi connectivity index (χ4n) is 4.75. The van der Waals surface area contributed by atoms with E-state index in [2.05, 4.69) is 120 Å². The third-order valence-electron chi connectivity index (χ3n) is 7.30. The van der Waals surface area contributed by atoms with Gasteiger partial charge >= 0.3 is 0 Å². The predicted octanol–water partition coefficient (Wildman–Crippen LogP) is 10.2. The Bertz CT molecular complexity index is 1580. The average Bonchev–Trinajstić information content (AvgIpc) is 3.40. The number of anilines is 2. The van der Waals surface area contributed by atoms with Crippen LogP contribution in [0.1, 0.15) is 73.4 Å². The molecule has 0 unspecified atom stereocenters. The quantitative estimate of drug-likeness (QED) is 0.183. The molecule has 0 aliphatic carbocycles. The SMILES string of the molecule is CC(C)(C)C1=CN(c2[c-]c(Oc3[c-]c(Oc4ccccn4)ccc3)ccc2)[CH-]N1c1cc(C(C)(C)C)cc(C(C)(C)C)c1.[Pt]. The maximum atomic E-state index is 6.18. The molecule has 0 amide bonds. The minimum atomic E-state index is -0.0952. The van der Waals surface area contributed by atoms with E-state index in [4.69, 9.17) is 9.47 Å². The van der Waals surface area contributed by atoms with Gasteiger partial charge in [0.15, 0.2) is 0 Å². The van der Waals surface area contributed by atoms with Crippen LogP contribution in [0.3, 0.4) is 0 Å². The molecule has 1 aliphatic rings. The minimum absolute atomic E-state index is 0. The fourth-order valence-corrected chi connectivity index (χ4v) is 4.75. The van der Waals surface area contributed by atoms with E-state index in [9.17, 15) is 0 Å². The first-order valence-electron chi connectivity index (χ1n) is 14.8. The summed E-state index contributed by atoms with van der Waals surface area (Å²) in [6.45, 7) is 22.6. The van der Waals surface area contributed by atoms with E-state index in [0.717, 1.165) is 11.4 Å². The van der Waals surface area contributed by atoms with E-state index in [1.165, 1.54) is 16.8 Å². The van der Waals surface area contributed by atoms with Crippen LogP contribution in [0.15, 0.2) is 90.9 Å². The number of ether oxygens (including phenoxy) is 2. The number of hydrogen-bond acceptors (Lipinski definition) is 5. The second-order valence-electron chi connectivity index (χ2n) is 14.1. The molecule has 44 heavy (non-hydrogen) atoms. The number of allylic oxidation sites excluding steroid dienone is 1. The molecule has 0 saturated heterocycles. The molecule has 5 nitrogen and oxygen atoms in total. The van der Waals surface area contributed by atoms with E-state index < -0.39 is 0 Å². The van der Waals surface area contributed by atoms with Gasteiger partial charge in [0.1, 0.15) is 0 Å². The maximum absolute atomic E-state index is 6.18. The maximum Gasteiger partial charge on any atom is 0.216 e. The summed E-state index contributed by atoms with van der Waals surface area (Å²) in [6.07, 6.45) is 3.89. The van der Waals surface area contributed by atoms with Gasteiger partial charge in [-0.05, 0) is 46.4 Å². The van der Waals surface area contributed by atoms with Crippen LogP contribution in [0.2, 0.25) is 0 Å². The van der Waals surface area contributed by atoms with Crippen LogP contribution in [0, 0.1) is 24.2 Å². The number of hydrogen-bond donors (Lipinski definition) is 0. The van der Waals surface area contributed by atoms with Crippen molar-refractivity contribution in [3.63, 3.8) is 0 Å². The van der Waals surface area contributed by atoms with Crippen LogP contribution in [-0.4, -0.2) is 4.98 Å². The van der Waals surface area contributed by atoms with Gasteiger partial charge in [-0.25, -0.2) is 4.98 Å². The van der Waals surface area contributed by atoms with Crippen LogP contribution < -0.4 is 19.3 Å². The monoisotopic (exact) mass is 767 g/mol. The van der Waals surface area contributed by atoms with Crippen molar-refractivity contribution < 1.29 is 30.5 Å². The van der Waals surface area contributed by atoms with Crippen molar-refractivity contribution >= 4 is 11.4 Å². The molecule has 0 spiro atoms. The largest absolute Gasteiger partial charge is 0.509 e. The molecule has 6 heteroatoms. The van der Waals surface area contributed by atoms with Crippen molar-refractivity contribution in [2.45, 2.75) is 73.1 Å². The van der Waals surface area contributed by atoms with Crippen molar-refractivity contribution in [2.75, 3.05) is 9.80 Å². The topological polar surface area (TPSA) is 37.8 Å². The Kier molecular flexibility index (Phi) is 9.71. The van der Waals surface area contributed by atoms with Gasteiger partial charge in [0.25, 0.3) is 0 Å². The number of nitrogens with zero attached hydrogens (tertiary/aromatic N) is 3. The zero-order valence-corrected chi connectivity index (χ0v) is 29.4. The van der Waals surface area contributed by atoms with Crippen LogP contribution >= 0.6 is 0 Å². The molecule has 234 valence electrons. The predicted molar refractivity (Wildman–Crippen MR) is 176 cm³/mol. The summed E-state index contributed by atoms with van der Waals surface area (Å²) in [4.78, 5) is 8.66. The van der Waals surface area contributed by atoms with Gasteiger partial charge in [0.05, 0.1) is 0 Å². The number of benzene rings is 3. The number of aromatic nitrogens is 1. The third-order valence-corrected chi connectivity index (χ3v) is 7.30. The van der Waals surface area contributed by atoms with Crippen molar-refractivity contribution in [1.82, 2.24) is 4.98 Å². The van der Waals surface area contributed by atoms with Gasteiger partial charge < -0.3 is 19.3 Å². The minimum Gasteiger partial charge on any atom is -0.509 e. The summed E-state index contributed by atoms with van der Waals surface area (Å²) in [5, 5.41) is 0. The van der Waals surface area contributed by atoms with Crippen LogP contribution in [0.25, 0.3) is 0 Å². The Morgan fingerprint density at radius 3 is 1.82 bits per heavy atom. The van der Waals surface area contributed by atoms with Gasteiger partial charge in [0.2, 0.25) is 5.88 Å². The molecule has 1 aromatic heterocycles. The Balaban J connectivity index is 0.00000442. The molecule has 0 radical (unpaired) electrons. The second kappa shape index (κ2) is 12.8. The summed E-state index contributed by atoms with van der Waals surface area (Å²) >= 11 is 0. The first-order valence-corrected chi connectivity index (χ1v) is 14.8. The Morgan fingerprint density at radius 1 is 0.659 bits per heavy atom. The molecule has 0 N–H and O–H groups in total. The van der Waals surface area contributed by atoms with Crippen molar-refractivity contribution in [3.8, 4) is 23.1 Å². The third kappa shape index (κ3) is 7.93. The Labute approximate surface area is 278 Å². The van der Waals surface area contributed by atoms with E-state index in [-0.39, 0.29) is 37.3 Å². The standard InChI is InChI=1S/C38H42N3O2.Pt/c1-36(2,3)27-20-28(37(4,5)6)22-30(21-27)41-26-40(25-34(41)38(7,8)9)29-14-12-15-31(23-29)42-32-16-13-17-33(24-32)43-35-18-10-11-19-39-35;/h10-22,25-26H,1-9H3;/q-3;. The molecule has 3 aromatic carbocycles. The van der Waals surface area contributed by atoms with Crippen molar-refractivity contribution in [2.24, 2.45) is 5.41 Å². The van der Waals surface area contributed by atoms with E-state index in [0.29, 0.717) is 23.1 Å². The first kappa shape index (κ1) is 33.3. The van der Waals surface area contributed by atoms with Crippen LogP contribution in [0.4, 0.5) is 11.4 Å². The summed E-state index contributed by atoms with van der Waals surface area (Å²) in [5.41, 5.74) is 5.84. The Morgan fingerprint density at radius 2 is 1.25 bits per heavy atom. The van der Waals surface area contributed by atoms with Gasteiger partial charge in [-0.3, -0.25) is 0 Å². The molecular formula is C38H42N3O2Pt-3. The smallest absolute Gasteiger partial charge is 0.216 e. The molecule has 2 heterocycles. The van der Waals surface area contributed by atoms with E-state index in [1.54, 1.807) is 12.3 Å². The fraction of sp³-hybridized carbons (Fsp3) is 0.316. The number of pyridine rings is 1. The number of rotatable bonds is 6. The Hall–Kier alpha value is -3.56. The van der Waals surface area contributed by atoms with Gasteiger partial charge in [-0.15, -0.1) is 42.7 Å². The van der Waals surface area contributed by atoms with Crippen molar-refractivity contribution in [1.29, 1.82) is 0 Å². The van der Waals surface area contributed by atoms with E-state index >= 15 is 0 Å². The van der Waals surface area contributed by atoms with Crippen LogP contribution in [0.5, 0.6) is 23.1 Å². The van der Waals surface area contributed by atoms with Gasteiger partial charge in [0, 0.05) is 67.4 Å². The first-order chi connectivity index (χ1) is 20.2. The molecule has 0 saturated carbocycles. The molecule has 0 bridgehead atoms. The summed E-state index contributed by atoms with van der Waals surface area (Å²) in [7, 11) is 0. The average molecular weight is 768 g/mol. The molecule has 0 fully saturated rings. The normalized spacial score (nSPS) is 13.8. The second-order valence-corrected chi connectivity index (χ2v) is 14.1. The van der Waals surface area contributed by atoms with Gasteiger partial charge in [-0.2, -0.15) is 12.1 Å². The van der Waals surface area contributed by atoms with Crippen molar-refractivity contribution in [3.05, 3.63) is 121 Å². The summed E-state index contributed by atoms with van der Waals surface area (Å²) < 4.78 is 12.0. The molecular weight excluding hydrogens is 726 g/mol. The summed E-state index contributed by atoms with van der Waals surface area (Å²) in [6, 6.07) is 30.6. The molecule has 4 aromatic rings. The van der Waals surface area contributed by atoms with Gasteiger partial charge in [-0.1, -0.05) is 80.5 Å².